The maximum absolute atomic E-state index is 13.2. The van der Waals surface area contributed by atoms with Crippen molar-refractivity contribution in [3.8, 4) is 0 Å². The molecule has 17 heavy (non-hydrogen) atoms. The Morgan fingerprint density at radius 1 is 1.41 bits per heavy atom. The molecule has 1 aliphatic heterocycles. The Morgan fingerprint density at radius 2 is 2.18 bits per heavy atom. The van der Waals surface area contributed by atoms with E-state index in [4.69, 9.17) is 0 Å². The van der Waals surface area contributed by atoms with Crippen molar-refractivity contribution < 1.29 is 13.2 Å². The summed E-state index contributed by atoms with van der Waals surface area (Å²) in [6, 6.07) is 3.52. The Morgan fingerprint density at radius 3 is 2.88 bits per heavy atom. The highest BCUT2D eigenvalue weighted by atomic mass is 32.2. The number of alkyl halides is 2. The van der Waals surface area contributed by atoms with Gasteiger partial charge in [-0.15, -0.1) is 11.8 Å². The first-order chi connectivity index (χ1) is 8.08. The van der Waals surface area contributed by atoms with Crippen LogP contribution in [0.3, 0.4) is 0 Å². The second kappa shape index (κ2) is 5.31. The molecule has 0 saturated heterocycles. The van der Waals surface area contributed by atoms with Gasteiger partial charge in [0.2, 0.25) is 0 Å². The lowest BCUT2D eigenvalue weighted by molar-refractivity contribution is 0.0992. The Labute approximate surface area is 103 Å². The molecular formula is C12H14F3NS. The van der Waals surface area contributed by atoms with E-state index in [1.165, 1.54) is 19.1 Å². The quantitative estimate of drug-likeness (QED) is 0.892. The fourth-order valence-electron chi connectivity index (χ4n) is 1.93. The number of halogens is 3. The first-order valence-electron chi connectivity index (χ1n) is 5.54. The average molecular weight is 261 g/mol. The predicted octanol–water partition coefficient (Wildman–Crippen LogP) is 3.61. The van der Waals surface area contributed by atoms with Crippen LogP contribution < -0.4 is 5.32 Å². The highest BCUT2D eigenvalue weighted by molar-refractivity contribution is 7.99. The van der Waals surface area contributed by atoms with E-state index in [1.54, 1.807) is 17.8 Å². The molecule has 0 bridgehead atoms. The molecule has 1 nitrogen and oxygen atoms in total. The van der Waals surface area contributed by atoms with Gasteiger partial charge in [0, 0.05) is 10.9 Å². The van der Waals surface area contributed by atoms with Gasteiger partial charge in [-0.05, 0) is 42.9 Å². The minimum absolute atomic E-state index is 0.175. The zero-order valence-corrected chi connectivity index (χ0v) is 10.2. The lowest BCUT2D eigenvalue weighted by Gasteiger charge is -2.28. The van der Waals surface area contributed by atoms with Gasteiger partial charge in [0.25, 0.3) is 6.43 Å². The summed E-state index contributed by atoms with van der Waals surface area (Å²) in [5.41, 5.74) is 0.800. The van der Waals surface area contributed by atoms with Crippen molar-refractivity contribution in [1.29, 1.82) is 0 Å². The summed E-state index contributed by atoms with van der Waals surface area (Å²) in [5, 5.41) is 2.87. The van der Waals surface area contributed by atoms with Crippen LogP contribution in [0.5, 0.6) is 0 Å². The molecule has 1 aromatic rings. The van der Waals surface area contributed by atoms with Crippen molar-refractivity contribution in [2.75, 3.05) is 5.75 Å². The van der Waals surface area contributed by atoms with Gasteiger partial charge in [0.05, 0.1) is 6.04 Å². The minimum Gasteiger partial charge on any atom is -0.302 e. The molecular weight excluding hydrogens is 247 g/mol. The van der Waals surface area contributed by atoms with Gasteiger partial charge < -0.3 is 5.32 Å². The molecule has 1 heterocycles. The third-order valence-electron chi connectivity index (χ3n) is 2.85. The highest BCUT2D eigenvalue weighted by Gasteiger charge is 2.25. The first-order valence-corrected chi connectivity index (χ1v) is 6.53. The number of hydrogen-bond acceptors (Lipinski definition) is 2. The Hall–Kier alpha value is -0.680. The number of thioether (sulfide) groups is 1. The van der Waals surface area contributed by atoms with Crippen molar-refractivity contribution in [3.05, 3.63) is 29.6 Å². The molecule has 1 aromatic carbocycles. The minimum atomic E-state index is -2.40. The van der Waals surface area contributed by atoms with E-state index in [-0.39, 0.29) is 11.9 Å². The Kier molecular flexibility index (Phi) is 3.99. The maximum atomic E-state index is 13.2. The van der Waals surface area contributed by atoms with Crippen LogP contribution in [0.25, 0.3) is 0 Å². The van der Waals surface area contributed by atoms with Crippen LogP contribution in [0.2, 0.25) is 0 Å². The van der Waals surface area contributed by atoms with Gasteiger partial charge in [0.1, 0.15) is 5.82 Å². The molecule has 1 N–H and O–H groups in total. The second-order valence-corrected chi connectivity index (χ2v) is 5.30. The molecule has 0 amide bonds. The lowest BCUT2D eigenvalue weighted by Crippen LogP contribution is -2.37. The molecule has 2 rings (SSSR count). The topological polar surface area (TPSA) is 12.0 Å². The monoisotopic (exact) mass is 261 g/mol. The van der Waals surface area contributed by atoms with E-state index in [0.717, 1.165) is 22.6 Å². The maximum Gasteiger partial charge on any atom is 0.253 e. The van der Waals surface area contributed by atoms with E-state index in [9.17, 15) is 13.2 Å². The summed E-state index contributed by atoms with van der Waals surface area (Å²) >= 11 is 1.64. The number of fused-ring (bicyclic) bond motifs is 1. The van der Waals surface area contributed by atoms with Crippen LogP contribution >= 0.6 is 11.8 Å². The van der Waals surface area contributed by atoms with Crippen molar-refractivity contribution in [3.63, 3.8) is 0 Å². The van der Waals surface area contributed by atoms with E-state index in [1.807, 2.05) is 0 Å². The van der Waals surface area contributed by atoms with E-state index < -0.39 is 12.5 Å². The van der Waals surface area contributed by atoms with Crippen LogP contribution in [0, 0.1) is 5.82 Å². The van der Waals surface area contributed by atoms with Crippen LogP contribution in [-0.4, -0.2) is 18.2 Å². The summed E-state index contributed by atoms with van der Waals surface area (Å²) in [7, 11) is 0. The Balaban J connectivity index is 2.19. The van der Waals surface area contributed by atoms with Crippen LogP contribution in [0.4, 0.5) is 13.2 Å². The van der Waals surface area contributed by atoms with Crippen LogP contribution in [0.1, 0.15) is 24.9 Å². The third kappa shape index (κ3) is 2.96. The van der Waals surface area contributed by atoms with Crippen molar-refractivity contribution >= 4 is 11.8 Å². The lowest BCUT2D eigenvalue weighted by atomic mass is 10.0. The Bertz CT molecular complexity index is 397. The van der Waals surface area contributed by atoms with Gasteiger partial charge >= 0.3 is 0 Å². The van der Waals surface area contributed by atoms with E-state index >= 15 is 0 Å². The van der Waals surface area contributed by atoms with Gasteiger partial charge in [0.15, 0.2) is 0 Å². The number of nitrogens with one attached hydrogen (secondary N) is 1. The van der Waals surface area contributed by atoms with E-state index in [2.05, 4.69) is 5.32 Å². The van der Waals surface area contributed by atoms with E-state index in [0.29, 0.717) is 0 Å². The van der Waals surface area contributed by atoms with Crippen molar-refractivity contribution in [1.82, 2.24) is 5.32 Å². The van der Waals surface area contributed by atoms with Gasteiger partial charge in [-0.1, -0.05) is 0 Å². The molecule has 5 heteroatoms. The molecule has 1 aliphatic rings. The zero-order valence-electron chi connectivity index (χ0n) is 9.42. The normalized spacial score (nSPS) is 21.4. The standard InChI is InChI=1S/C12H14F3NS/c1-7(12(14)15)16-10-4-5-17-11-3-2-8(13)6-9(10)11/h2-3,6-7,10,12,16H,4-5H2,1H3. The van der Waals surface area contributed by atoms with Gasteiger partial charge in [-0.2, -0.15) is 0 Å². The molecule has 0 spiro atoms. The summed E-state index contributed by atoms with van der Waals surface area (Å²) < 4.78 is 38.2. The van der Waals surface area contributed by atoms with Crippen molar-refractivity contribution in [2.45, 2.75) is 36.7 Å². The van der Waals surface area contributed by atoms with Crippen molar-refractivity contribution in [2.24, 2.45) is 0 Å². The number of rotatable bonds is 3. The number of benzene rings is 1. The summed E-state index contributed by atoms with van der Waals surface area (Å²) in [6.07, 6.45) is -1.65. The summed E-state index contributed by atoms with van der Waals surface area (Å²) in [5.74, 6) is 0.550. The predicted molar refractivity (Wildman–Crippen MR) is 63.1 cm³/mol. The van der Waals surface area contributed by atoms with Crippen LogP contribution in [0.15, 0.2) is 23.1 Å². The SMILES string of the molecule is CC(NC1CCSc2ccc(F)cc21)C(F)F. The molecule has 0 aromatic heterocycles. The summed E-state index contributed by atoms with van der Waals surface area (Å²) in [4.78, 5) is 0.983. The highest BCUT2D eigenvalue weighted by Crippen LogP contribution is 2.36. The smallest absolute Gasteiger partial charge is 0.253 e. The van der Waals surface area contributed by atoms with Gasteiger partial charge in [-0.3, -0.25) is 0 Å². The fraction of sp³-hybridized carbons (Fsp3) is 0.500. The molecule has 0 saturated carbocycles. The molecule has 2 unspecified atom stereocenters. The molecule has 2 atom stereocenters. The molecule has 94 valence electrons. The molecule has 0 aliphatic carbocycles. The van der Waals surface area contributed by atoms with Gasteiger partial charge in [-0.25, -0.2) is 13.2 Å². The molecule has 0 radical (unpaired) electrons. The fourth-order valence-corrected chi connectivity index (χ4v) is 3.03. The second-order valence-electron chi connectivity index (χ2n) is 4.16. The third-order valence-corrected chi connectivity index (χ3v) is 3.98. The average Bonchev–Trinajstić information content (AvgIpc) is 2.29. The van der Waals surface area contributed by atoms with Crippen LogP contribution in [-0.2, 0) is 0 Å². The summed E-state index contributed by atoms with van der Waals surface area (Å²) in [6.45, 7) is 1.45. The molecule has 0 fully saturated rings. The first kappa shape index (κ1) is 12.8. The number of hydrogen-bond donors (Lipinski definition) is 1. The largest absolute Gasteiger partial charge is 0.302 e. The zero-order chi connectivity index (χ0) is 12.4.